The van der Waals surface area contributed by atoms with Gasteiger partial charge in [-0.3, -0.25) is 4.79 Å². The molecule has 1 aromatic rings. The summed E-state index contributed by atoms with van der Waals surface area (Å²) in [6.07, 6.45) is 4.50. The highest BCUT2D eigenvalue weighted by molar-refractivity contribution is 6.00. The maximum Gasteiger partial charge on any atom is 0.196 e. The largest absolute Gasteiger partial charge is 0.493 e. The Morgan fingerprint density at radius 1 is 1.43 bits per heavy atom. The van der Waals surface area contributed by atoms with Gasteiger partial charge < -0.3 is 14.6 Å². The molecule has 2 saturated carbocycles. The second kappa shape index (κ2) is 2.63. The molecule has 4 aliphatic carbocycles. The molecule has 5 atom stereocenters. The van der Waals surface area contributed by atoms with Crippen LogP contribution >= 0.6 is 0 Å². The van der Waals surface area contributed by atoms with Crippen molar-refractivity contribution >= 4 is 5.78 Å². The predicted molar refractivity (Wildman–Crippen MR) is 72.6 cm³/mol. The van der Waals surface area contributed by atoms with Crippen LogP contribution in [0.15, 0.2) is 24.3 Å². The minimum atomic E-state index is -0.934. The van der Waals surface area contributed by atoms with Crippen molar-refractivity contribution in [3.05, 3.63) is 35.4 Å². The molecule has 5 aliphatic rings. The molecule has 0 amide bonds. The smallest absolute Gasteiger partial charge is 0.196 e. The van der Waals surface area contributed by atoms with Gasteiger partial charge in [-0.1, -0.05) is 6.07 Å². The maximum atomic E-state index is 12.4. The molecule has 2 spiro atoms. The number of ketones is 1. The molecular weight excluding hydrogens is 268 g/mol. The van der Waals surface area contributed by atoms with E-state index in [1.54, 1.807) is 13.2 Å². The minimum Gasteiger partial charge on any atom is -0.493 e. The molecule has 1 heterocycles. The molecule has 2 bridgehead atoms. The molecular formula is C17H14O4. The van der Waals surface area contributed by atoms with E-state index < -0.39 is 17.1 Å². The van der Waals surface area contributed by atoms with E-state index in [9.17, 15) is 9.90 Å². The van der Waals surface area contributed by atoms with Gasteiger partial charge in [-0.15, -0.1) is 0 Å². The second-order valence-corrected chi connectivity index (χ2v) is 7.14. The Labute approximate surface area is 121 Å². The fourth-order valence-corrected chi connectivity index (χ4v) is 5.92. The molecule has 2 fully saturated rings. The van der Waals surface area contributed by atoms with E-state index in [4.69, 9.17) is 9.47 Å². The molecule has 1 aromatic carbocycles. The van der Waals surface area contributed by atoms with Gasteiger partial charge in [0, 0.05) is 16.9 Å². The van der Waals surface area contributed by atoms with E-state index >= 15 is 0 Å². The Hall–Kier alpha value is -1.81. The molecule has 1 aliphatic heterocycles. The molecule has 0 aromatic heterocycles. The first-order valence-electron chi connectivity index (χ1n) is 7.42. The van der Waals surface area contributed by atoms with Gasteiger partial charge in [-0.05, 0) is 36.6 Å². The maximum absolute atomic E-state index is 12.4. The Kier molecular flexibility index (Phi) is 1.36. The number of carbonyl (C=O) groups is 1. The highest BCUT2D eigenvalue weighted by Gasteiger charge is 2.87. The first-order chi connectivity index (χ1) is 10.1. The fraction of sp³-hybridized carbons (Fsp3) is 0.471. The van der Waals surface area contributed by atoms with Crippen LogP contribution in [-0.2, 0) is 15.6 Å². The SMILES string of the molecule is COc1ccc2c3c1OC1C(=O)C=CC4(O)[C@@H]5CC25C[C@]314. The second-order valence-electron chi connectivity index (χ2n) is 7.14. The van der Waals surface area contributed by atoms with Crippen LogP contribution in [-0.4, -0.2) is 29.7 Å². The lowest BCUT2D eigenvalue weighted by molar-refractivity contribution is -0.130. The van der Waals surface area contributed by atoms with Crippen LogP contribution in [0.3, 0.4) is 0 Å². The van der Waals surface area contributed by atoms with Crippen LogP contribution < -0.4 is 9.47 Å². The number of hydrogen-bond donors (Lipinski definition) is 1. The lowest BCUT2D eigenvalue weighted by atomic mass is 9.61. The number of rotatable bonds is 1. The van der Waals surface area contributed by atoms with Crippen molar-refractivity contribution < 1.29 is 19.4 Å². The zero-order valence-electron chi connectivity index (χ0n) is 11.6. The van der Waals surface area contributed by atoms with Crippen molar-refractivity contribution in [1.29, 1.82) is 0 Å². The lowest BCUT2D eigenvalue weighted by Crippen LogP contribution is -2.59. The zero-order valence-corrected chi connectivity index (χ0v) is 11.6. The number of fused-ring (bicyclic) bond motifs is 1. The predicted octanol–water partition coefficient (Wildman–Crippen LogP) is 1.24. The van der Waals surface area contributed by atoms with Gasteiger partial charge >= 0.3 is 0 Å². The lowest BCUT2D eigenvalue weighted by Gasteiger charge is -2.44. The summed E-state index contributed by atoms with van der Waals surface area (Å²) in [5.74, 6) is 1.53. The van der Waals surface area contributed by atoms with Crippen molar-refractivity contribution in [2.75, 3.05) is 7.11 Å². The van der Waals surface area contributed by atoms with Crippen molar-refractivity contribution in [3.8, 4) is 11.5 Å². The van der Waals surface area contributed by atoms with Gasteiger partial charge in [0.25, 0.3) is 0 Å². The highest BCUT2D eigenvalue weighted by Crippen LogP contribution is 2.84. The average Bonchev–Trinajstić information content (AvgIpc) is 2.91. The molecule has 6 rings (SSSR count). The van der Waals surface area contributed by atoms with E-state index in [2.05, 4.69) is 6.07 Å². The Morgan fingerprint density at radius 3 is 3.10 bits per heavy atom. The van der Waals surface area contributed by atoms with Gasteiger partial charge in [0.2, 0.25) is 0 Å². The van der Waals surface area contributed by atoms with Gasteiger partial charge in [0.1, 0.15) is 5.60 Å². The average molecular weight is 282 g/mol. The van der Waals surface area contributed by atoms with E-state index in [0.717, 1.165) is 18.4 Å². The molecule has 3 unspecified atom stereocenters. The van der Waals surface area contributed by atoms with Gasteiger partial charge in [-0.2, -0.15) is 0 Å². The summed E-state index contributed by atoms with van der Waals surface area (Å²) in [6.45, 7) is 0. The van der Waals surface area contributed by atoms with Crippen LogP contribution in [0.25, 0.3) is 0 Å². The van der Waals surface area contributed by atoms with E-state index in [1.807, 2.05) is 6.07 Å². The summed E-state index contributed by atoms with van der Waals surface area (Å²) in [7, 11) is 1.61. The third-order valence-corrected chi connectivity index (χ3v) is 6.68. The first kappa shape index (κ1) is 10.9. The number of methoxy groups -OCH3 is 1. The summed E-state index contributed by atoms with van der Waals surface area (Å²) < 4.78 is 11.4. The third kappa shape index (κ3) is 0.760. The number of hydrogen-bond acceptors (Lipinski definition) is 4. The monoisotopic (exact) mass is 282 g/mol. The Morgan fingerprint density at radius 2 is 2.29 bits per heavy atom. The molecule has 0 saturated heterocycles. The van der Waals surface area contributed by atoms with Crippen LogP contribution in [0.5, 0.6) is 11.5 Å². The van der Waals surface area contributed by atoms with Crippen molar-refractivity contribution in [3.63, 3.8) is 0 Å². The standard InChI is InChI=1S/C17H14O4/c1-20-10-3-2-8-12-13(10)21-14-9(18)4-5-17(19)11-6-15(8,11)7-16(12,14)17/h2-5,11,14,19H,6-7H2,1H3/t11-,14?,15?,16+,17?/m1/s1. The number of carbonyl (C=O) groups excluding carboxylic acids is 1. The normalized spacial score (nSPS) is 49.0. The zero-order chi connectivity index (χ0) is 14.2. The first-order valence-corrected chi connectivity index (χ1v) is 7.42. The fourth-order valence-electron chi connectivity index (χ4n) is 5.92. The van der Waals surface area contributed by atoms with Gasteiger partial charge in [-0.25, -0.2) is 0 Å². The molecule has 4 heteroatoms. The summed E-state index contributed by atoms with van der Waals surface area (Å²) >= 11 is 0. The topological polar surface area (TPSA) is 55.8 Å². The molecule has 1 N–H and O–H groups in total. The van der Waals surface area contributed by atoms with Crippen molar-refractivity contribution in [2.45, 2.75) is 35.4 Å². The Balaban J connectivity index is 1.79. The van der Waals surface area contributed by atoms with Crippen LogP contribution in [0.4, 0.5) is 0 Å². The summed E-state index contributed by atoms with van der Waals surface area (Å²) in [4.78, 5) is 12.4. The quantitative estimate of drug-likeness (QED) is 0.842. The molecule has 106 valence electrons. The number of aliphatic hydroxyl groups is 1. The summed E-state index contributed by atoms with van der Waals surface area (Å²) in [5.41, 5.74) is 0.860. The van der Waals surface area contributed by atoms with E-state index in [1.165, 1.54) is 11.6 Å². The van der Waals surface area contributed by atoms with Crippen molar-refractivity contribution in [2.24, 2.45) is 5.92 Å². The van der Waals surface area contributed by atoms with E-state index in [-0.39, 0.29) is 17.1 Å². The van der Waals surface area contributed by atoms with Crippen LogP contribution in [0.2, 0.25) is 0 Å². The number of benzene rings is 1. The molecule has 0 radical (unpaired) electrons. The van der Waals surface area contributed by atoms with Crippen LogP contribution in [0.1, 0.15) is 24.0 Å². The van der Waals surface area contributed by atoms with Gasteiger partial charge in [0.15, 0.2) is 23.4 Å². The summed E-state index contributed by atoms with van der Waals surface area (Å²) in [5, 5.41) is 11.4. The summed E-state index contributed by atoms with van der Waals surface area (Å²) in [6, 6.07) is 4.05. The third-order valence-electron chi connectivity index (χ3n) is 6.68. The van der Waals surface area contributed by atoms with E-state index in [0.29, 0.717) is 11.5 Å². The van der Waals surface area contributed by atoms with Gasteiger partial charge in [0.05, 0.1) is 12.5 Å². The Bertz CT molecular complexity index is 796. The molecule has 4 nitrogen and oxygen atoms in total. The van der Waals surface area contributed by atoms with Crippen LogP contribution in [0, 0.1) is 5.92 Å². The highest BCUT2D eigenvalue weighted by atomic mass is 16.5. The number of ether oxygens (including phenoxy) is 2. The minimum absolute atomic E-state index is 0.0396. The van der Waals surface area contributed by atoms with Crippen molar-refractivity contribution in [1.82, 2.24) is 0 Å². The molecule has 21 heavy (non-hydrogen) atoms.